The van der Waals surface area contributed by atoms with Crippen molar-refractivity contribution in [1.82, 2.24) is 0 Å². The van der Waals surface area contributed by atoms with E-state index in [0.29, 0.717) is 24.6 Å². The van der Waals surface area contributed by atoms with Gasteiger partial charge in [0.2, 0.25) is 0 Å². The summed E-state index contributed by atoms with van der Waals surface area (Å²) in [5.74, 6) is 0.791. The van der Waals surface area contributed by atoms with Crippen LogP contribution >= 0.6 is 0 Å². The van der Waals surface area contributed by atoms with Crippen LogP contribution in [0, 0.1) is 6.10 Å². The molecule has 0 aliphatic heterocycles. The number of rotatable bonds is 10. The monoisotopic (exact) mass is 343 g/mol. The van der Waals surface area contributed by atoms with Crippen LogP contribution in [-0.2, 0) is 4.74 Å². The largest absolute Gasteiger partial charge is 0.494 e. The van der Waals surface area contributed by atoms with Crippen molar-refractivity contribution in [2.75, 3.05) is 18.4 Å². The molecule has 0 saturated carbocycles. The molecule has 0 heterocycles. The smallest absolute Gasteiger partial charge is 0.141 e. The van der Waals surface area contributed by atoms with Crippen molar-refractivity contribution < 1.29 is 14.7 Å². The second-order valence-corrected chi connectivity index (χ2v) is 5.78. The zero-order valence-electron chi connectivity index (χ0n) is 15.0. The van der Waals surface area contributed by atoms with Gasteiger partial charge in [0.05, 0.1) is 18.0 Å². The van der Waals surface area contributed by atoms with E-state index in [2.05, 4.69) is 18.9 Å². The quantitative estimate of drug-likeness (QED) is 0.485. The Morgan fingerprint density at radius 2 is 1.48 bits per heavy atom. The molecule has 1 aliphatic rings. The molecule has 0 spiro atoms. The van der Waals surface area contributed by atoms with Gasteiger partial charge < -0.3 is 9.47 Å². The molecule has 0 saturated heterocycles. The van der Waals surface area contributed by atoms with E-state index in [9.17, 15) is 5.21 Å². The molecule has 0 aromatic heterocycles. The van der Waals surface area contributed by atoms with Gasteiger partial charge in [-0.1, -0.05) is 26.7 Å². The molecule has 0 unspecified atom stereocenters. The highest BCUT2D eigenvalue weighted by Crippen LogP contribution is 2.20. The van der Waals surface area contributed by atoms with E-state index in [0.717, 1.165) is 42.7 Å². The van der Waals surface area contributed by atoms with Crippen LogP contribution in [0.15, 0.2) is 53.7 Å². The summed E-state index contributed by atoms with van der Waals surface area (Å²) in [4.78, 5) is 0. The van der Waals surface area contributed by atoms with Crippen LogP contribution in [0.3, 0.4) is 0 Å². The van der Waals surface area contributed by atoms with Crippen LogP contribution in [0.2, 0.25) is 0 Å². The molecular formula is C20H27N2O3. The minimum atomic E-state index is 0.575. The van der Waals surface area contributed by atoms with Gasteiger partial charge in [0.1, 0.15) is 11.9 Å². The van der Waals surface area contributed by atoms with E-state index in [1.54, 1.807) is 12.1 Å². The van der Waals surface area contributed by atoms with Crippen molar-refractivity contribution in [3.05, 3.63) is 54.7 Å². The predicted octanol–water partition coefficient (Wildman–Crippen LogP) is 4.89. The summed E-state index contributed by atoms with van der Waals surface area (Å²) in [6.45, 7) is 5.67. The lowest BCUT2D eigenvalue weighted by atomic mass is 10.1. The van der Waals surface area contributed by atoms with Crippen molar-refractivity contribution in [3.8, 4) is 5.75 Å². The van der Waals surface area contributed by atoms with E-state index in [1.165, 1.54) is 0 Å². The van der Waals surface area contributed by atoms with Gasteiger partial charge in [0.15, 0.2) is 0 Å². The van der Waals surface area contributed by atoms with Gasteiger partial charge in [0, 0.05) is 6.61 Å². The van der Waals surface area contributed by atoms with Gasteiger partial charge in [-0.05, 0) is 61.4 Å². The highest BCUT2D eigenvalue weighted by Gasteiger charge is 2.09. The van der Waals surface area contributed by atoms with Crippen LogP contribution < -0.4 is 9.91 Å². The summed E-state index contributed by atoms with van der Waals surface area (Å²) in [6, 6.07) is 7.20. The first kappa shape index (κ1) is 19.2. The van der Waals surface area contributed by atoms with Crippen LogP contribution in [-0.4, -0.2) is 24.1 Å². The van der Waals surface area contributed by atoms with Crippen LogP contribution in [0.4, 0.5) is 5.69 Å². The molecule has 1 radical (unpaired) electrons. The first-order valence-corrected chi connectivity index (χ1v) is 8.89. The van der Waals surface area contributed by atoms with E-state index >= 15 is 0 Å². The molecule has 0 bridgehead atoms. The normalized spacial score (nSPS) is 14.0. The average Bonchev–Trinajstić information content (AvgIpc) is 2.64. The molecule has 5 nitrogen and oxygen atoms in total. The van der Waals surface area contributed by atoms with E-state index in [4.69, 9.17) is 9.47 Å². The summed E-state index contributed by atoms with van der Waals surface area (Å²) in [7, 11) is 0. The summed E-state index contributed by atoms with van der Waals surface area (Å²) in [5.41, 5.74) is 1.22. The molecule has 1 N–H and O–H groups in total. The maximum Gasteiger partial charge on any atom is 0.141 e. The third kappa shape index (κ3) is 6.72. The van der Waals surface area contributed by atoms with Gasteiger partial charge >= 0.3 is 0 Å². The second-order valence-electron chi connectivity index (χ2n) is 5.78. The molecule has 1 aromatic rings. The molecule has 0 amide bonds. The van der Waals surface area contributed by atoms with E-state index in [-0.39, 0.29) is 0 Å². The number of nitrogens with zero attached hydrogens (tertiary/aromatic N) is 2. The summed E-state index contributed by atoms with van der Waals surface area (Å²) < 4.78 is 11.2. The first-order valence-electron chi connectivity index (χ1n) is 8.89. The molecular weight excluding hydrogens is 316 g/mol. The van der Waals surface area contributed by atoms with E-state index in [1.807, 2.05) is 36.4 Å². The Bertz CT molecular complexity index is 577. The fraction of sp³-hybridized carbons (Fsp3) is 0.400. The van der Waals surface area contributed by atoms with Crippen molar-refractivity contribution in [3.63, 3.8) is 0 Å². The standard InChI is InChI=1S/C20H27N2O3/c1-3-5-15-24-19-11-7-17(8-12-19)21-22(23)18-9-13-20(14-10-18)25-16-6-4-2/h7-14,23H,3-6,15-16H2,1-2H3. The lowest BCUT2D eigenvalue weighted by molar-refractivity contribution is 0.179. The van der Waals surface area contributed by atoms with Gasteiger partial charge in [0.25, 0.3) is 0 Å². The Balaban J connectivity index is 1.86. The maximum atomic E-state index is 10.1. The van der Waals surface area contributed by atoms with Crippen LogP contribution in [0.1, 0.15) is 39.5 Å². The van der Waals surface area contributed by atoms with Crippen molar-refractivity contribution in [2.24, 2.45) is 5.10 Å². The fourth-order valence-electron chi connectivity index (χ4n) is 2.12. The highest BCUT2D eigenvalue weighted by molar-refractivity contribution is 6.05. The number of ether oxygens (including phenoxy) is 2. The van der Waals surface area contributed by atoms with Crippen molar-refractivity contribution >= 4 is 11.4 Å². The third-order valence-electron chi connectivity index (χ3n) is 3.65. The van der Waals surface area contributed by atoms with E-state index < -0.39 is 0 Å². The Morgan fingerprint density at radius 3 is 2.08 bits per heavy atom. The molecule has 5 heteroatoms. The van der Waals surface area contributed by atoms with Crippen molar-refractivity contribution in [2.45, 2.75) is 39.5 Å². The summed E-state index contributed by atoms with van der Waals surface area (Å²) in [5, 5.41) is 15.1. The maximum absolute atomic E-state index is 10.1. The minimum absolute atomic E-state index is 0.575. The van der Waals surface area contributed by atoms with Crippen LogP contribution in [0.5, 0.6) is 5.75 Å². The lowest BCUT2D eigenvalue weighted by Gasteiger charge is -2.15. The fourth-order valence-corrected chi connectivity index (χ4v) is 2.12. The number of hydrogen-bond donors (Lipinski definition) is 1. The number of anilines is 1. The van der Waals surface area contributed by atoms with Crippen molar-refractivity contribution in [1.29, 1.82) is 0 Å². The highest BCUT2D eigenvalue weighted by atomic mass is 16.5. The first-order chi connectivity index (χ1) is 12.2. The minimum Gasteiger partial charge on any atom is -0.494 e. The van der Waals surface area contributed by atoms with Gasteiger partial charge in [-0.25, -0.2) is 0 Å². The Labute approximate surface area is 150 Å². The molecule has 1 aliphatic carbocycles. The Hall–Kier alpha value is -2.11. The number of hydrogen-bond acceptors (Lipinski definition) is 5. The predicted molar refractivity (Wildman–Crippen MR) is 101 cm³/mol. The number of allylic oxidation sites excluding steroid dienone is 2. The zero-order valence-corrected chi connectivity index (χ0v) is 15.0. The number of benzene rings is 1. The zero-order chi connectivity index (χ0) is 17.9. The van der Waals surface area contributed by atoms with Crippen LogP contribution in [0.25, 0.3) is 0 Å². The van der Waals surface area contributed by atoms with Gasteiger partial charge in [-0.15, -0.1) is 10.3 Å². The third-order valence-corrected chi connectivity index (χ3v) is 3.65. The molecule has 0 atom stereocenters. The molecule has 0 fully saturated rings. The second kappa shape index (κ2) is 10.7. The molecule has 2 rings (SSSR count). The summed E-state index contributed by atoms with van der Waals surface area (Å²) >= 11 is 0. The summed E-state index contributed by atoms with van der Waals surface area (Å²) in [6.07, 6.45) is 12.4. The topological polar surface area (TPSA) is 54.3 Å². The SMILES string of the molecule is CCCCO[C]1C=CC(=NN(O)c2ccc(OCCCC)cc2)C=C1. The Kier molecular flexibility index (Phi) is 8.22. The lowest BCUT2D eigenvalue weighted by Crippen LogP contribution is -2.14. The Morgan fingerprint density at radius 1 is 0.880 bits per heavy atom. The molecule has 135 valence electrons. The number of unbranched alkanes of at least 4 members (excludes halogenated alkanes) is 2. The molecule has 1 aromatic carbocycles. The average molecular weight is 343 g/mol. The number of hydrazone groups is 1. The van der Waals surface area contributed by atoms with Gasteiger partial charge in [-0.3, -0.25) is 5.21 Å². The molecule has 25 heavy (non-hydrogen) atoms. The van der Waals surface area contributed by atoms with Gasteiger partial charge in [-0.2, -0.15) is 0 Å².